The third-order valence-electron chi connectivity index (χ3n) is 8.56. The number of nitrogens with one attached hydrogen (secondary N) is 1. The number of aliphatic hydroxyl groups excluding tert-OH is 1. The summed E-state index contributed by atoms with van der Waals surface area (Å²) < 4.78 is 15.7. The molecule has 1 saturated heterocycles. The number of ether oxygens (including phenoxy) is 2. The minimum Gasteiger partial charge on any atom is -0.392 e. The number of para-hydroxylation sites is 1. The van der Waals surface area contributed by atoms with Crippen LogP contribution in [0.25, 0.3) is 21.3 Å². The highest BCUT2D eigenvalue weighted by atomic mass is 32.2. The fraction of sp³-hybridized carbons (Fsp3) is 0.205. The van der Waals surface area contributed by atoms with E-state index in [1.807, 2.05) is 66.7 Å². The zero-order valence-corrected chi connectivity index (χ0v) is 28.0. The molecule has 0 saturated carbocycles. The second-order valence-corrected chi connectivity index (χ2v) is 14.1. The van der Waals surface area contributed by atoms with Crippen LogP contribution in [0.2, 0.25) is 0 Å². The summed E-state index contributed by atoms with van der Waals surface area (Å²) in [5, 5.41) is 12.6. The summed E-state index contributed by atoms with van der Waals surface area (Å²) in [7, 11) is 0. The van der Waals surface area contributed by atoms with Crippen LogP contribution in [0.1, 0.15) is 51.9 Å². The Bertz CT molecular complexity index is 1970. The van der Waals surface area contributed by atoms with Crippen molar-refractivity contribution in [3.8, 4) is 11.1 Å². The molecule has 1 aliphatic heterocycles. The summed E-state index contributed by atoms with van der Waals surface area (Å²) >= 11 is 3.43. The van der Waals surface area contributed by atoms with Crippen molar-refractivity contribution in [1.29, 1.82) is 0 Å². The summed E-state index contributed by atoms with van der Waals surface area (Å²) in [6, 6.07) is 36.2. The van der Waals surface area contributed by atoms with E-state index in [0.717, 1.165) is 49.0 Å². The Morgan fingerprint density at radius 3 is 2.48 bits per heavy atom. The molecule has 4 aromatic carbocycles. The van der Waals surface area contributed by atoms with E-state index >= 15 is 0 Å². The van der Waals surface area contributed by atoms with Crippen molar-refractivity contribution in [3.63, 3.8) is 0 Å². The van der Waals surface area contributed by atoms with Crippen molar-refractivity contribution in [1.82, 2.24) is 15.3 Å². The van der Waals surface area contributed by atoms with Gasteiger partial charge in [0.15, 0.2) is 10.6 Å². The van der Waals surface area contributed by atoms with E-state index in [9.17, 15) is 9.90 Å². The Morgan fingerprint density at radius 1 is 0.875 bits per heavy atom. The number of thiazole rings is 1. The zero-order valence-electron chi connectivity index (χ0n) is 26.4. The lowest BCUT2D eigenvalue weighted by Gasteiger charge is -2.41. The number of hydrogen-bond donors (Lipinski definition) is 2. The normalized spacial score (nSPS) is 19.3. The third-order valence-corrected chi connectivity index (χ3v) is 10.8. The molecule has 0 unspecified atom stereocenters. The van der Waals surface area contributed by atoms with Crippen LogP contribution in [0.5, 0.6) is 0 Å². The fourth-order valence-electron chi connectivity index (χ4n) is 5.88. The standard InChI is InChI=1S/C39H35N3O4S2/c1-25-34(24-47-39-42-33-12-2-3-13-35(33)48-39)45-38(46-36(25)28-16-14-26(23-43)15-17-28)31-10-5-9-30(20-31)29-8-4-7-27(19-29)21-41-37(44)32-11-6-18-40-22-32/h2-20,22,25,34,36,38,43H,21,23-24H2,1H3,(H,41,44)/t25-,34+,36+,38+/m0/s1. The average molecular weight is 674 g/mol. The van der Waals surface area contributed by atoms with Gasteiger partial charge in [0.2, 0.25) is 0 Å². The Morgan fingerprint density at radius 2 is 1.69 bits per heavy atom. The summed E-state index contributed by atoms with van der Waals surface area (Å²) in [6.45, 7) is 2.58. The highest BCUT2D eigenvalue weighted by Crippen LogP contribution is 2.44. The van der Waals surface area contributed by atoms with Crippen LogP contribution in [0.15, 0.2) is 126 Å². The molecule has 7 rings (SSSR count). The topological polar surface area (TPSA) is 93.6 Å². The summed E-state index contributed by atoms with van der Waals surface area (Å²) in [4.78, 5) is 21.4. The molecule has 0 spiro atoms. The van der Waals surface area contributed by atoms with Crippen molar-refractivity contribution in [2.45, 2.75) is 42.9 Å². The Hall–Kier alpha value is -4.38. The average Bonchev–Trinajstić information content (AvgIpc) is 3.57. The number of aromatic nitrogens is 2. The predicted octanol–water partition coefficient (Wildman–Crippen LogP) is 8.36. The zero-order chi connectivity index (χ0) is 32.9. The number of aliphatic hydroxyl groups is 1. The molecule has 2 aromatic heterocycles. The third kappa shape index (κ3) is 7.36. The summed E-state index contributed by atoms with van der Waals surface area (Å²) in [6.07, 6.45) is 2.33. The monoisotopic (exact) mass is 673 g/mol. The highest BCUT2D eigenvalue weighted by molar-refractivity contribution is 8.01. The molecule has 4 atom stereocenters. The van der Waals surface area contributed by atoms with E-state index in [2.05, 4.69) is 47.6 Å². The van der Waals surface area contributed by atoms with Gasteiger partial charge < -0.3 is 19.9 Å². The lowest BCUT2D eigenvalue weighted by atomic mass is 9.91. The molecule has 1 fully saturated rings. The van der Waals surface area contributed by atoms with Gasteiger partial charge in [0, 0.05) is 36.2 Å². The van der Waals surface area contributed by atoms with Gasteiger partial charge in [-0.15, -0.1) is 11.3 Å². The van der Waals surface area contributed by atoms with Gasteiger partial charge in [-0.25, -0.2) is 4.98 Å². The first-order chi connectivity index (χ1) is 23.5. The van der Waals surface area contributed by atoms with Crippen LogP contribution in [-0.4, -0.2) is 32.8 Å². The molecule has 9 heteroatoms. The summed E-state index contributed by atoms with van der Waals surface area (Å²) in [5.74, 6) is 0.649. The lowest BCUT2D eigenvalue weighted by Crippen LogP contribution is -2.38. The Kier molecular flexibility index (Phi) is 9.92. The summed E-state index contributed by atoms with van der Waals surface area (Å²) in [5.41, 5.74) is 7.46. The molecule has 0 aliphatic carbocycles. The van der Waals surface area contributed by atoms with E-state index in [1.54, 1.807) is 47.6 Å². The molecule has 6 aromatic rings. The number of carbonyl (C=O) groups excluding carboxylic acids is 1. The van der Waals surface area contributed by atoms with Gasteiger partial charge in [0.1, 0.15) is 0 Å². The van der Waals surface area contributed by atoms with Gasteiger partial charge in [0.25, 0.3) is 5.91 Å². The van der Waals surface area contributed by atoms with Crippen LogP contribution in [0.3, 0.4) is 0 Å². The first-order valence-electron chi connectivity index (χ1n) is 15.9. The van der Waals surface area contributed by atoms with Crippen molar-refractivity contribution in [2.75, 3.05) is 5.75 Å². The molecule has 2 N–H and O–H groups in total. The number of fused-ring (bicyclic) bond motifs is 1. The number of nitrogens with zero attached hydrogens (tertiary/aromatic N) is 2. The molecule has 0 bridgehead atoms. The van der Waals surface area contributed by atoms with Crippen molar-refractivity contribution < 1.29 is 19.4 Å². The molecule has 1 aliphatic rings. The van der Waals surface area contributed by atoms with E-state index in [-0.39, 0.29) is 30.6 Å². The maximum atomic E-state index is 12.6. The predicted molar refractivity (Wildman–Crippen MR) is 191 cm³/mol. The smallest absolute Gasteiger partial charge is 0.253 e. The second kappa shape index (κ2) is 14.8. The molecule has 48 heavy (non-hydrogen) atoms. The number of pyridine rings is 1. The Balaban J connectivity index is 1.11. The minimum absolute atomic E-state index is 0.000601. The molecule has 3 heterocycles. The van der Waals surface area contributed by atoms with Gasteiger partial charge in [-0.1, -0.05) is 91.5 Å². The van der Waals surface area contributed by atoms with Gasteiger partial charge in [-0.05, 0) is 64.2 Å². The van der Waals surface area contributed by atoms with Crippen LogP contribution in [-0.2, 0) is 22.6 Å². The first kappa shape index (κ1) is 32.2. The largest absolute Gasteiger partial charge is 0.392 e. The number of thioether (sulfide) groups is 1. The van der Waals surface area contributed by atoms with Gasteiger partial charge in [-0.2, -0.15) is 0 Å². The molecular weight excluding hydrogens is 639 g/mol. The van der Waals surface area contributed by atoms with Crippen molar-refractivity contribution in [3.05, 3.63) is 149 Å². The van der Waals surface area contributed by atoms with Gasteiger partial charge >= 0.3 is 0 Å². The molecule has 242 valence electrons. The van der Waals surface area contributed by atoms with E-state index in [4.69, 9.17) is 14.5 Å². The number of hydrogen-bond acceptors (Lipinski definition) is 8. The number of amides is 1. The van der Waals surface area contributed by atoms with Gasteiger partial charge in [0.05, 0.1) is 34.6 Å². The number of benzene rings is 4. The van der Waals surface area contributed by atoms with Crippen LogP contribution < -0.4 is 5.32 Å². The van der Waals surface area contributed by atoms with E-state index in [0.29, 0.717) is 12.1 Å². The van der Waals surface area contributed by atoms with Crippen LogP contribution >= 0.6 is 23.1 Å². The Labute approximate surface area is 288 Å². The van der Waals surface area contributed by atoms with Crippen LogP contribution in [0.4, 0.5) is 0 Å². The molecule has 0 radical (unpaired) electrons. The highest BCUT2D eigenvalue weighted by Gasteiger charge is 2.38. The maximum Gasteiger partial charge on any atom is 0.253 e. The molecule has 7 nitrogen and oxygen atoms in total. The fourth-order valence-corrected chi connectivity index (χ4v) is 8.14. The van der Waals surface area contributed by atoms with Gasteiger partial charge in [-0.3, -0.25) is 9.78 Å². The molecule has 1 amide bonds. The first-order valence-corrected chi connectivity index (χ1v) is 17.7. The number of carbonyl (C=O) groups is 1. The minimum atomic E-state index is -0.577. The van der Waals surface area contributed by atoms with E-state index < -0.39 is 6.29 Å². The maximum absolute atomic E-state index is 12.6. The van der Waals surface area contributed by atoms with Crippen molar-refractivity contribution >= 4 is 39.2 Å². The lowest BCUT2D eigenvalue weighted by molar-refractivity contribution is -0.268. The SMILES string of the molecule is C[C@H]1[C@@H](CSc2nc3ccccc3s2)O[C@@H](c2cccc(-c3cccc(CNC(=O)c4cccnc4)c3)c2)O[C@H]1c1ccc(CO)cc1. The molecular formula is C39H35N3O4S2. The second-order valence-electron chi connectivity index (χ2n) is 11.8. The number of rotatable bonds is 10. The van der Waals surface area contributed by atoms with Crippen molar-refractivity contribution in [2.24, 2.45) is 5.92 Å². The van der Waals surface area contributed by atoms with Crippen LogP contribution in [0, 0.1) is 5.92 Å². The quantitative estimate of drug-likeness (QED) is 0.141. The van der Waals surface area contributed by atoms with E-state index in [1.165, 1.54) is 4.70 Å².